The summed E-state index contributed by atoms with van der Waals surface area (Å²) in [5.41, 5.74) is 1.32. The van der Waals surface area contributed by atoms with Crippen molar-refractivity contribution in [2.24, 2.45) is 5.16 Å². The van der Waals surface area contributed by atoms with Gasteiger partial charge in [0.2, 0.25) is 6.10 Å². The first-order valence-corrected chi connectivity index (χ1v) is 7.15. The Morgan fingerprint density at radius 2 is 2.00 bits per heavy atom. The summed E-state index contributed by atoms with van der Waals surface area (Å²) in [6.45, 7) is 0. The Morgan fingerprint density at radius 3 is 2.74 bits per heavy atom. The zero-order chi connectivity index (χ0) is 16.4. The number of anilines is 1. The van der Waals surface area contributed by atoms with Gasteiger partial charge in [-0.15, -0.1) is 0 Å². The summed E-state index contributed by atoms with van der Waals surface area (Å²) in [4.78, 5) is 17.3. The number of halogens is 3. The van der Waals surface area contributed by atoms with Crippen molar-refractivity contribution in [3.05, 3.63) is 64.7 Å². The van der Waals surface area contributed by atoms with E-state index < -0.39 is 23.6 Å². The van der Waals surface area contributed by atoms with Crippen LogP contribution in [0.4, 0.5) is 14.5 Å². The van der Waals surface area contributed by atoms with E-state index in [1.807, 2.05) is 0 Å². The van der Waals surface area contributed by atoms with E-state index in [-0.39, 0.29) is 17.1 Å². The lowest BCUT2D eigenvalue weighted by atomic mass is 10.0. The number of amides is 1. The summed E-state index contributed by atoms with van der Waals surface area (Å²) < 4.78 is 26.2. The molecule has 1 aliphatic rings. The lowest BCUT2D eigenvalue weighted by Crippen LogP contribution is -2.28. The fourth-order valence-corrected chi connectivity index (χ4v) is 2.38. The van der Waals surface area contributed by atoms with Crippen molar-refractivity contribution in [1.29, 1.82) is 0 Å². The highest BCUT2D eigenvalue weighted by Crippen LogP contribution is 2.24. The second-order valence-electron chi connectivity index (χ2n) is 4.96. The number of carbonyl (C=O) groups excluding carboxylic acids is 1. The number of oxime groups is 1. The highest BCUT2D eigenvalue weighted by Gasteiger charge is 2.29. The fourth-order valence-electron chi connectivity index (χ4n) is 2.16. The van der Waals surface area contributed by atoms with E-state index in [1.165, 1.54) is 24.3 Å². The minimum atomic E-state index is -0.852. The molecule has 1 aliphatic heterocycles. The first-order chi connectivity index (χ1) is 11.0. The first kappa shape index (κ1) is 15.4. The molecule has 118 valence electrons. The highest BCUT2D eigenvalue weighted by atomic mass is 35.5. The van der Waals surface area contributed by atoms with E-state index in [4.69, 9.17) is 16.4 Å². The Balaban J connectivity index is 1.67. The van der Waals surface area contributed by atoms with Gasteiger partial charge in [0.15, 0.2) is 0 Å². The molecule has 1 N–H and O–H groups in total. The van der Waals surface area contributed by atoms with Crippen molar-refractivity contribution in [2.45, 2.75) is 12.5 Å². The van der Waals surface area contributed by atoms with Gasteiger partial charge < -0.3 is 10.2 Å². The average molecular weight is 337 g/mol. The van der Waals surface area contributed by atoms with Crippen LogP contribution >= 0.6 is 11.6 Å². The molecule has 4 nitrogen and oxygen atoms in total. The Morgan fingerprint density at radius 1 is 1.22 bits per heavy atom. The number of benzene rings is 2. The molecule has 1 atom stereocenters. The van der Waals surface area contributed by atoms with Crippen LogP contribution in [0.2, 0.25) is 5.02 Å². The molecule has 0 spiro atoms. The molecular weight excluding hydrogens is 326 g/mol. The van der Waals surface area contributed by atoms with Gasteiger partial charge in [-0.2, -0.15) is 0 Å². The molecule has 2 aromatic rings. The second kappa shape index (κ2) is 6.34. The van der Waals surface area contributed by atoms with Gasteiger partial charge in [0.1, 0.15) is 11.6 Å². The summed E-state index contributed by atoms with van der Waals surface area (Å²) in [6, 6.07) is 9.52. The molecule has 0 bridgehead atoms. The summed E-state index contributed by atoms with van der Waals surface area (Å²) in [5.74, 6) is -1.35. The Labute approximate surface area is 135 Å². The first-order valence-electron chi connectivity index (χ1n) is 6.77. The fraction of sp³-hybridized carbons (Fsp3) is 0.125. The number of nitrogens with one attached hydrogen (secondary N) is 1. The van der Waals surface area contributed by atoms with Crippen molar-refractivity contribution in [1.82, 2.24) is 0 Å². The maximum atomic E-state index is 13.2. The summed E-state index contributed by atoms with van der Waals surface area (Å²) >= 11 is 5.86. The summed E-state index contributed by atoms with van der Waals surface area (Å²) in [7, 11) is 0. The number of hydrogen-bond donors (Lipinski definition) is 1. The van der Waals surface area contributed by atoms with Crippen LogP contribution in [0.5, 0.6) is 0 Å². The van der Waals surface area contributed by atoms with Crippen LogP contribution in [0.1, 0.15) is 12.0 Å². The maximum absolute atomic E-state index is 13.2. The van der Waals surface area contributed by atoms with Crippen LogP contribution in [-0.4, -0.2) is 17.7 Å². The third kappa shape index (κ3) is 3.48. The van der Waals surface area contributed by atoms with Gasteiger partial charge in [0.25, 0.3) is 5.91 Å². The number of rotatable bonds is 3. The minimum Gasteiger partial charge on any atom is -0.382 e. The quantitative estimate of drug-likeness (QED) is 0.928. The van der Waals surface area contributed by atoms with Gasteiger partial charge in [-0.3, -0.25) is 4.79 Å². The zero-order valence-corrected chi connectivity index (χ0v) is 12.5. The SMILES string of the molecule is O=C(Nc1ccc(F)cc1Cl)C1CC(c2cccc(F)c2)=NO1. The number of carbonyl (C=O) groups is 1. The Hall–Kier alpha value is -2.47. The van der Waals surface area contributed by atoms with Gasteiger partial charge in [0, 0.05) is 12.0 Å². The van der Waals surface area contributed by atoms with Crippen LogP contribution in [-0.2, 0) is 9.63 Å². The van der Waals surface area contributed by atoms with E-state index in [1.54, 1.807) is 12.1 Å². The van der Waals surface area contributed by atoms with Crippen LogP contribution in [0.15, 0.2) is 47.6 Å². The van der Waals surface area contributed by atoms with E-state index in [0.29, 0.717) is 11.3 Å². The topological polar surface area (TPSA) is 50.7 Å². The standard InChI is InChI=1S/C16H11ClF2N2O2/c17-12-7-11(19)4-5-13(12)20-16(22)15-8-14(21-23-15)9-2-1-3-10(18)6-9/h1-7,15H,8H2,(H,20,22). The molecule has 7 heteroatoms. The molecule has 2 aromatic carbocycles. The maximum Gasteiger partial charge on any atom is 0.268 e. The third-order valence-corrected chi connectivity index (χ3v) is 3.62. The van der Waals surface area contributed by atoms with Crippen molar-refractivity contribution in [3.63, 3.8) is 0 Å². The lowest BCUT2D eigenvalue weighted by molar-refractivity contribution is -0.125. The monoisotopic (exact) mass is 336 g/mol. The second-order valence-corrected chi connectivity index (χ2v) is 5.37. The van der Waals surface area contributed by atoms with Gasteiger partial charge in [-0.25, -0.2) is 8.78 Å². The van der Waals surface area contributed by atoms with Crippen molar-refractivity contribution >= 4 is 28.9 Å². The molecule has 0 fully saturated rings. The molecule has 0 radical (unpaired) electrons. The number of hydrogen-bond acceptors (Lipinski definition) is 3. The highest BCUT2D eigenvalue weighted by molar-refractivity contribution is 6.33. The summed E-state index contributed by atoms with van der Waals surface area (Å²) in [6.07, 6.45) is -0.650. The molecule has 1 amide bonds. The predicted octanol–water partition coefficient (Wildman–Crippen LogP) is 3.75. The molecular formula is C16H11ClF2N2O2. The van der Waals surface area contributed by atoms with Crippen LogP contribution < -0.4 is 5.32 Å². The molecule has 1 heterocycles. The minimum absolute atomic E-state index is 0.0858. The van der Waals surface area contributed by atoms with Crippen molar-refractivity contribution in [2.75, 3.05) is 5.32 Å². The lowest BCUT2D eigenvalue weighted by Gasteiger charge is -2.10. The van der Waals surface area contributed by atoms with Crippen LogP contribution in [0.3, 0.4) is 0 Å². The Kier molecular flexibility index (Phi) is 4.25. The largest absolute Gasteiger partial charge is 0.382 e. The zero-order valence-electron chi connectivity index (χ0n) is 11.7. The third-order valence-electron chi connectivity index (χ3n) is 3.31. The Bertz CT molecular complexity index is 795. The van der Waals surface area contributed by atoms with Gasteiger partial charge in [-0.05, 0) is 30.3 Å². The molecule has 0 aliphatic carbocycles. The molecule has 0 aromatic heterocycles. The van der Waals surface area contributed by atoms with Crippen LogP contribution in [0.25, 0.3) is 0 Å². The molecule has 3 rings (SSSR count). The summed E-state index contributed by atoms with van der Waals surface area (Å²) in [5, 5.41) is 6.46. The molecule has 0 saturated heterocycles. The van der Waals surface area contributed by atoms with E-state index in [0.717, 1.165) is 6.07 Å². The normalized spacial score (nSPS) is 16.7. The van der Waals surface area contributed by atoms with Crippen molar-refractivity contribution in [3.8, 4) is 0 Å². The smallest absolute Gasteiger partial charge is 0.268 e. The molecule has 1 unspecified atom stereocenters. The van der Waals surface area contributed by atoms with E-state index >= 15 is 0 Å². The number of nitrogens with zero attached hydrogens (tertiary/aromatic N) is 1. The molecule has 23 heavy (non-hydrogen) atoms. The molecule has 0 saturated carbocycles. The van der Waals surface area contributed by atoms with Gasteiger partial charge >= 0.3 is 0 Å². The predicted molar refractivity (Wildman–Crippen MR) is 82.5 cm³/mol. The van der Waals surface area contributed by atoms with E-state index in [2.05, 4.69) is 10.5 Å². The van der Waals surface area contributed by atoms with Crippen molar-refractivity contribution < 1.29 is 18.4 Å². The average Bonchev–Trinajstić information content (AvgIpc) is 3.00. The van der Waals surface area contributed by atoms with Crippen LogP contribution in [0, 0.1) is 11.6 Å². The van der Waals surface area contributed by atoms with Gasteiger partial charge in [0.05, 0.1) is 16.4 Å². The van der Waals surface area contributed by atoms with E-state index in [9.17, 15) is 13.6 Å². The van der Waals surface area contributed by atoms with Gasteiger partial charge in [-0.1, -0.05) is 28.9 Å².